The number of pyridine rings is 1. The number of aliphatic carboxylic acids is 1. The Kier molecular flexibility index (Phi) is 2.71. The fourth-order valence-electron chi connectivity index (χ4n) is 2.31. The Morgan fingerprint density at radius 2 is 2.47 bits per heavy atom. The molecule has 0 radical (unpaired) electrons. The molecular weight excluding hydrogens is 190 g/mol. The van der Waals surface area contributed by atoms with E-state index in [1.807, 2.05) is 12.3 Å². The molecule has 1 heterocycles. The van der Waals surface area contributed by atoms with E-state index in [-0.39, 0.29) is 12.3 Å². The molecule has 1 aliphatic carbocycles. The number of nitrogens with zero attached hydrogens (tertiary/aromatic N) is 1. The average Bonchev–Trinajstić information content (AvgIpc) is 2.17. The van der Waals surface area contributed by atoms with Crippen LogP contribution in [-0.2, 0) is 17.6 Å². The van der Waals surface area contributed by atoms with Crippen LogP contribution in [0.3, 0.4) is 0 Å². The monoisotopic (exact) mass is 205 g/mol. The number of rotatable bonds is 2. The normalized spacial score (nSPS) is 19.7. The number of carboxylic acids is 1. The predicted molar refractivity (Wildman–Crippen MR) is 56.7 cm³/mol. The van der Waals surface area contributed by atoms with E-state index < -0.39 is 5.97 Å². The van der Waals surface area contributed by atoms with Crippen LogP contribution in [0.4, 0.5) is 0 Å². The van der Waals surface area contributed by atoms with Crippen molar-refractivity contribution in [1.82, 2.24) is 4.98 Å². The molecule has 1 unspecified atom stereocenters. The number of aromatic nitrogens is 1. The van der Waals surface area contributed by atoms with Gasteiger partial charge in [0.1, 0.15) is 0 Å². The highest BCUT2D eigenvalue weighted by atomic mass is 16.4. The summed E-state index contributed by atoms with van der Waals surface area (Å²) in [5.74, 6) is -0.430. The van der Waals surface area contributed by atoms with Crippen LogP contribution in [0.1, 0.15) is 29.7 Å². The summed E-state index contributed by atoms with van der Waals surface area (Å²) in [5, 5.41) is 8.75. The van der Waals surface area contributed by atoms with E-state index in [1.165, 1.54) is 11.1 Å². The van der Waals surface area contributed by atoms with Crippen LogP contribution in [0, 0.1) is 12.8 Å². The summed E-state index contributed by atoms with van der Waals surface area (Å²) in [6, 6.07) is 2.02. The van der Waals surface area contributed by atoms with Crippen molar-refractivity contribution in [3.05, 3.63) is 29.1 Å². The summed E-state index contributed by atoms with van der Waals surface area (Å²) in [5.41, 5.74) is 3.72. The topological polar surface area (TPSA) is 50.2 Å². The SMILES string of the molecule is Cc1ccnc2c1CCC(CC(=O)O)C2. The molecule has 0 fully saturated rings. The lowest BCUT2D eigenvalue weighted by Crippen LogP contribution is -2.19. The Balaban J connectivity index is 2.17. The quantitative estimate of drug-likeness (QED) is 0.803. The first-order valence-electron chi connectivity index (χ1n) is 5.32. The van der Waals surface area contributed by atoms with Gasteiger partial charge in [-0.25, -0.2) is 0 Å². The van der Waals surface area contributed by atoms with Crippen LogP contribution in [0.15, 0.2) is 12.3 Å². The van der Waals surface area contributed by atoms with Gasteiger partial charge in [-0.05, 0) is 49.3 Å². The summed E-state index contributed by atoms with van der Waals surface area (Å²) in [7, 11) is 0. The van der Waals surface area contributed by atoms with Crippen molar-refractivity contribution in [3.63, 3.8) is 0 Å². The highest BCUT2D eigenvalue weighted by Gasteiger charge is 2.22. The molecule has 1 aromatic rings. The summed E-state index contributed by atoms with van der Waals surface area (Å²) in [4.78, 5) is 15.0. The van der Waals surface area contributed by atoms with Gasteiger partial charge in [-0.2, -0.15) is 0 Å². The summed E-state index contributed by atoms with van der Waals surface area (Å²) < 4.78 is 0. The molecule has 2 rings (SSSR count). The Bertz CT molecular complexity index is 387. The molecule has 80 valence electrons. The van der Waals surface area contributed by atoms with E-state index in [4.69, 9.17) is 5.11 Å². The van der Waals surface area contributed by atoms with Crippen LogP contribution >= 0.6 is 0 Å². The van der Waals surface area contributed by atoms with Crippen molar-refractivity contribution < 1.29 is 9.90 Å². The maximum atomic E-state index is 10.6. The zero-order valence-corrected chi connectivity index (χ0v) is 8.86. The lowest BCUT2D eigenvalue weighted by molar-refractivity contribution is -0.138. The Hall–Kier alpha value is -1.38. The molecule has 1 atom stereocenters. The first-order chi connectivity index (χ1) is 7.16. The molecule has 1 N–H and O–H groups in total. The van der Waals surface area contributed by atoms with Crippen LogP contribution in [0.5, 0.6) is 0 Å². The second-order valence-electron chi connectivity index (χ2n) is 4.26. The van der Waals surface area contributed by atoms with Crippen LogP contribution in [-0.4, -0.2) is 16.1 Å². The smallest absolute Gasteiger partial charge is 0.303 e. The minimum absolute atomic E-state index is 0.268. The number of aryl methyl sites for hydroxylation is 1. The molecule has 3 nitrogen and oxygen atoms in total. The van der Waals surface area contributed by atoms with E-state index in [0.29, 0.717) is 0 Å². The van der Waals surface area contributed by atoms with Gasteiger partial charge in [0.25, 0.3) is 0 Å². The number of carbonyl (C=O) groups is 1. The fraction of sp³-hybridized carbons (Fsp3) is 0.500. The summed E-state index contributed by atoms with van der Waals surface area (Å²) >= 11 is 0. The zero-order chi connectivity index (χ0) is 10.8. The number of hydrogen-bond acceptors (Lipinski definition) is 2. The molecule has 0 saturated heterocycles. The minimum Gasteiger partial charge on any atom is -0.481 e. The Morgan fingerprint density at radius 1 is 1.67 bits per heavy atom. The second-order valence-corrected chi connectivity index (χ2v) is 4.26. The highest BCUT2D eigenvalue weighted by Crippen LogP contribution is 2.27. The van der Waals surface area contributed by atoms with Crippen molar-refractivity contribution in [1.29, 1.82) is 0 Å². The van der Waals surface area contributed by atoms with Crippen molar-refractivity contribution in [2.24, 2.45) is 5.92 Å². The predicted octanol–water partition coefficient (Wildman–Crippen LogP) is 1.97. The second kappa shape index (κ2) is 4.01. The molecule has 0 amide bonds. The number of carboxylic acid groups (broad SMARTS) is 1. The lowest BCUT2D eigenvalue weighted by Gasteiger charge is -2.23. The van der Waals surface area contributed by atoms with Gasteiger partial charge in [-0.1, -0.05) is 0 Å². The molecule has 1 aliphatic rings. The van der Waals surface area contributed by atoms with Crippen molar-refractivity contribution in [2.75, 3.05) is 0 Å². The Labute approximate surface area is 89.2 Å². The molecule has 0 aliphatic heterocycles. The standard InChI is InChI=1S/C12H15NO2/c1-8-4-5-13-11-6-9(7-12(14)15)2-3-10(8)11/h4-5,9H,2-3,6-7H2,1H3,(H,14,15). The van der Waals surface area contributed by atoms with Crippen molar-refractivity contribution in [2.45, 2.75) is 32.6 Å². The largest absolute Gasteiger partial charge is 0.481 e. The highest BCUT2D eigenvalue weighted by molar-refractivity contribution is 5.67. The van der Waals surface area contributed by atoms with Gasteiger partial charge >= 0.3 is 5.97 Å². The molecule has 0 bridgehead atoms. The van der Waals surface area contributed by atoms with Gasteiger partial charge in [-0.3, -0.25) is 9.78 Å². The van der Waals surface area contributed by atoms with Crippen molar-refractivity contribution in [3.8, 4) is 0 Å². The van der Waals surface area contributed by atoms with Crippen LogP contribution < -0.4 is 0 Å². The van der Waals surface area contributed by atoms with E-state index in [9.17, 15) is 4.79 Å². The van der Waals surface area contributed by atoms with Gasteiger partial charge in [0.2, 0.25) is 0 Å². The number of fused-ring (bicyclic) bond motifs is 1. The Morgan fingerprint density at radius 3 is 3.20 bits per heavy atom. The third-order valence-electron chi connectivity index (χ3n) is 3.13. The van der Waals surface area contributed by atoms with E-state index in [1.54, 1.807) is 0 Å². The van der Waals surface area contributed by atoms with Gasteiger partial charge in [0, 0.05) is 18.3 Å². The average molecular weight is 205 g/mol. The van der Waals surface area contributed by atoms with E-state index >= 15 is 0 Å². The molecule has 0 spiro atoms. The van der Waals surface area contributed by atoms with E-state index in [2.05, 4.69) is 11.9 Å². The fourth-order valence-corrected chi connectivity index (χ4v) is 2.31. The van der Waals surface area contributed by atoms with Gasteiger partial charge in [-0.15, -0.1) is 0 Å². The summed E-state index contributed by atoms with van der Waals surface area (Å²) in [6.07, 6.45) is 4.87. The van der Waals surface area contributed by atoms with Crippen LogP contribution in [0.25, 0.3) is 0 Å². The van der Waals surface area contributed by atoms with Gasteiger partial charge in [0.15, 0.2) is 0 Å². The third kappa shape index (κ3) is 2.17. The molecule has 0 saturated carbocycles. The first-order valence-corrected chi connectivity index (χ1v) is 5.32. The molecule has 3 heteroatoms. The van der Waals surface area contributed by atoms with Gasteiger partial charge < -0.3 is 5.11 Å². The van der Waals surface area contributed by atoms with Crippen LogP contribution in [0.2, 0.25) is 0 Å². The molecule has 1 aromatic heterocycles. The lowest BCUT2D eigenvalue weighted by atomic mass is 9.83. The van der Waals surface area contributed by atoms with E-state index in [0.717, 1.165) is 25.0 Å². The first kappa shape index (κ1) is 10.1. The van der Waals surface area contributed by atoms with Crippen molar-refractivity contribution >= 4 is 5.97 Å². The molecule has 15 heavy (non-hydrogen) atoms. The third-order valence-corrected chi connectivity index (χ3v) is 3.13. The van der Waals surface area contributed by atoms with Gasteiger partial charge in [0.05, 0.1) is 0 Å². The molecular formula is C12H15NO2. The minimum atomic E-state index is -0.698. The number of hydrogen-bond donors (Lipinski definition) is 1. The zero-order valence-electron chi connectivity index (χ0n) is 8.86. The summed E-state index contributed by atoms with van der Waals surface area (Å²) in [6.45, 7) is 2.10. The molecule has 0 aromatic carbocycles. The maximum absolute atomic E-state index is 10.6. The maximum Gasteiger partial charge on any atom is 0.303 e.